The van der Waals surface area contributed by atoms with Crippen molar-refractivity contribution in [1.82, 2.24) is 5.53 Å². The quantitative estimate of drug-likeness (QED) is 0.788. The SMILES string of the molecule is Cc1ccc(OS(=O)c2cc(N3CCCC3)ccc2N=[N])cc1. The third-order valence-electron chi connectivity index (χ3n) is 3.89. The summed E-state index contributed by atoms with van der Waals surface area (Å²) in [4.78, 5) is 2.60. The van der Waals surface area contributed by atoms with E-state index in [1.54, 1.807) is 24.3 Å². The lowest BCUT2D eigenvalue weighted by molar-refractivity contribution is 0.562. The Hall–Kier alpha value is -2.21. The molecule has 0 aromatic heterocycles. The zero-order valence-corrected chi connectivity index (χ0v) is 13.8. The van der Waals surface area contributed by atoms with Gasteiger partial charge in [-0.3, -0.25) is 0 Å². The average Bonchev–Trinajstić information content (AvgIpc) is 3.11. The van der Waals surface area contributed by atoms with Crippen molar-refractivity contribution in [3.63, 3.8) is 0 Å². The number of rotatable bonds is 5. The number of hydrogen-bond donors (Lipinski definition) is 0. The second-order valence-electron chi connectivity index (χ2n) is 5.58. The van der Waals surface area contributed by atoms with E-state index >= 15 is 0 Å². The Morgan fingerprint density at radius 3 is 2.48 bits per heavy atom. The second-order valence-corrected chi connectivity index (χ2v) is 6.65. The lowest BCUT2D eigenvalue weighted by atomic mass is 10.2. The number of nitrogens with zero attached hydrogens (tertiary/aromatic N) is 3. The first-order valence-electron chi connectivity index (χ1n) is 7.58. The summed E-state index contributed by atoms with van der Waals surface area (Å²) in [6.07, 6.45) is 2.31. The Bertz CT molecular complexity index is 725. The van der Waals surface area contributed by atoms with Gasteiger partial charge in [0, 0.05) is 18.8 Å². The maximum absolute atomic E-state index is 12.5. The van der Waals surface area contributed by atoms with Crippen molar-refractivity contribution < 1.29 is 8.39 Å². The molecule has 1 heterocycles. The summed E-state index contributed by atoms with van der Waals surface area (Å²) < 4.78 is 18.0. The summed E-state index contributed by atoms with van der Waals surface area (Å²) >= 11 is -1.74. The molecule has 1 fully saturated rings. The van der Waals surface area contributed by atoms with Gasteiger partial charge in [0.2, 0.25) is 11.1 Å². The third-order valence-corrected chi connectivity index (χ3v) is 4.92. The van der Waals surface area contributed by atoms with E-state index in [2.05, 4.69) is 10.0 Å². The van der Waals surface area contributed by atoms with Gasteiger partial charge in [-0.1, -0.05) is 17.7 Å². The molecule has 119 valence electrons. The van der Waals surface area contributed by atoms with Gasteiger partial charge in [-0.2, -0.15) is 0 Å². The Morgan fingerprint density at radius 1 is 1.13 bits per heavy atom. The van der Waals surface area contributed by atoms with E-state index in [0.29, 0.717) is 10.6 Å². The Morgan fingerprint density at radius 2 is 1.83 bits per heavy atom. The fourth-order valence-electron chi connectivity index (χ4n) is 2.62. The van der Waals surface area contributed by atoms with Crippen LogP contribution in [0, 0.1) is 6.92 Å². The maximum Gasteiger partial charge on any atom is 0.243 e. The number of aryl methyl sites for hydroxylation is 1. The van der Waals surface area contributed by atoms with Gasteiger partial charge in [-0.05, 0) is 55.6 Å². The predicted molar refractivity (Wildman–Crippen MR) is 90.3 cm³/mol. The van der Waals surface area contributed by atoms with E-state index in [9.17, 15) is 4.21 Å². The summed E-state index contributed by atoms with van der Waals surface area (Å²) in [5.41, 5.74) is 11.5. The van der Waals surface area contributed by atoms with Crippen LogP contribution in [0.3, 0.4) is 0 Å². The molecule has 0 amide bonds. The number of anilines is 1. The summed E-state index contributed by atoms with van der Waals surface area (Å²) in [6, 6.07) is 12.7. The van der Waals surface area contributed by atoms with E-state index in [1.165, 1.54) is 0 Å². The highest BCUT2D eigenvalue weighted by Crippen LogP contribution is 2.30. The van der Waals surface area contributed by atoms with Crippen molar-refractivity contribution in [1.29, 1.82) is 0 Å². The molecule has 23 heavy (non-hydrogen) atoms. The van der Waals surface area contributed by atoms with Crippen LogP contribution in [0.25, 0.3) is 0 Å². The van der Waals surface area contributed by atoms with Crippen molar-refractivity contribution in [3.05, 3.63) is 48.0 Å². The minimum Gasteiger partial charge on any atom is -0.397 e. The van der Waals surface area contributed by atoms with E-state index in [4.69, 9.17) is 9.71 Å². The molecule has 1 aliphatic rings. The molecule has 0 bridgehead atoms. The molecule has 0 N–H and O–H groups in total. The van der Waals surface area contributed by atoms with E-state index in [1.807, 2.05) is 25.1 Å². The average molecular weight is 328 g/mol. The van der Waals surface area contributed by atoms with Crippen molar-refractivity contribution in [2.24, 2.45) is 5.11 Å². The lowest BCUT2D eigenvalue weighted by Crippen LogP contribution is -2.17. The van der Waals surface area contributed by atoms with Crippen molar-refractivity contribution >= 4 is 22.5 Å². The molecule has 1 radical (unpaired) electrons. The zero-order chi connectivity index (χ0) is 16.2. The minimum atomic E-state index is -1.74. The minimum absolute atomic E-state index is 0.262. The van der Waals surface area contributed by atoms with Gasteiger partial charge >= 0.3 is 0 Å². The molecule has 0 spiro atoms. The summed E-state index contributed by atoms with van der Waals surface area (Å²) in [7, 11) is 0. The lowest BCUT2D eigenvalue weighted by Gasteiger charge is -2.18. The summed E-state index contributed by atoms with van der Waals surface area (Å²) in [5, 5.41) is 3.22. The van der Waals surface area contributed by atoms with Crippen molar-refractivity contribution in [2.75, 3.05) is 18.0 Å². The molecular weight excluding hydrogens is 310 g/mol. The van der Waals surface area contributed by atoms with Crippen LogP contribution in [0.4, 0.5) is 11.4 Å². The number of hydrogen-bond acceptors (Lipinski definition) is 4. The summed E-state index contributed by atoms with van der Waals surface area (Å²) in [6.45, 7) is 3.95. The molecule has 3 rings (SSSR count). The van der Waals surface area contributed by atoms with Crippen LogP contribution < -0.4 is 14.6 Å². The van der Waals surface area contributed by atoms with Crippen LogP contribution in [-0.2, 0) is 11.1 Å². The van der Waals surface area contributed by atoms with Crippen LogP contribution in [-0.4, -0.2) is 17.3 Å². The number of benzene rings is 2. The van der Waals surface area contributed by atoms with Gasteiger partial charge in [0.15, 0.2) is 0 Å². The normalized spacial score (nSPS) is 15.4. The van der Waals surface area contributed by atoms with Gasteiger partial charge in [0.05, 0.1) is 0 Å². The largest absolute Gasteiger partial charge is 0.397 e. The van der Waals surface area contributed by atoms with Gasteiger partial charge in [0.1, 0.15) is 16.3 Å². The smallest absolute Gasteiger partial charge is 0.243 e. The van der Waals surface area contributed by atoms with Gasteiger partial charge < -0.3 is 9.08 Å². The molecule has 0 aliphatic carbocycles. The van der Waals surface area contributed by atoms with Crippen LogP contribution in [0.2, 0.25) is 0 Å². The molecular formula is C17H18N3O2S. The molecule has 2 aromatic carbocycles. The highest BCUT2D eigenvalue weighted by molar-refractivity contribution is 7.80. The Kier molecular flexibility index (Phi) is 4.71. The highest BCUT2D eigenvalue weighted by atomic mass is 32.2. The molecule has 1 unspecified atom stereocenters. The van der Waals surface area contributed by atoms with Crippen molar-refractivity contribution in [2.45, 2.75) is 24.7 Å². The second kappa shape index (κ2) is 6.91. The first kappa shape index (κ1) is 15.7. The van der Waals surface area contributed by atoms with E-state index in [0.717, 1.165) is 37.2 Å². The van der Waals surface area contributed by atoms with E-state index in [-0.39, 0.29) is 5.69 Å². The highest BCUT2D eigenvalue weighted by Gasteiger charge is 2.18. The molecule has 6 heteroatoms. The van der Waals surface area contributed by atoms with Gasteiger partial charge in [-0.25, -0.2) is 4.21 Å². The molecule has 1 atom stereocenters. The fraction of sp³-hybridized carbons (Fsp3) is 0.294. The standard InChI is InChI=1S/C17H18N3O2S/c1-13-4-7-15(8-5-13)22-23(21)17-12-14(6-9-16(17)19-18)20-10-2-3-11-20/h4-9,12H,2-3,10-11H2,1H3. The Balaban J connectivity index is 1.86. The van der Waals surface area contributed by atoms with Crippen molar-refractivity contribution in [3.8, 4) is 5.75 Å². The third kappa shape index (κ3) is 3.59. The Labute approximate surface area is 138 Å². The van der Waals surface area contributed by atoms with Crippen LogP contribution >= 0.6 is 0 Å². The van der Waals surface area contributed by atoms with Gasteiger partial charge in [-0.15, -0.1) is 5.11 Å². The zero-order valence-electron chi connectivity index (χ0n) is 12.9. The van der Waals surface area contributed by atoms with Crippen LogP contribution in [0.5, 0.6) is 5.75 Å². The molecule has 2 aromatic rings. The summed E-state index contributed by atoms with van der Waals surface area (Å²) in [5.74, 6) is 0.518. The monoisotopic (exact) mass is 328 g/mol. The first-order chi connectivity index (χ1) is 11.2. The predicted octanol–water partition coefficient (Wildman–Crippen LogP) is 3.58. The topological polar surface area (TPSA) is 64.2 Å². The first-order valence-corrected chi connectivity index (χ1v) is 8.66. The van der Waals surface area contributed by atoms with Gasteiger partial charge in [0.25, 0.3) is 0 Å². The molecule has 1 saturated heterocycles. The maximum atomic E-state index is 12.5. The fourth-order valence-corrected chi connectivity index (χ4v) is 3.49. The molecule has 5 nitrogen and oxygen atoms in total. The molecule has 0 saturated carbocycles. The van der Waals surface area contributed by atoms with Crippen LogP contribution in [0.1, 0.15) is 18.4 Å². The van der Waals surface area contributed by atoms with Crippen LogP contribution in [0.15, 0.2) is 52.5 Å². The molecule has 1 aliphatic heterocycles. The van der Waals surface area contributed by atoms with E-state index < -0.39 is 11.1 Å².